The van der Waals surface area contributed by atoms with Crippen molar-refractivity contribution in [2.45, 2.75) is 12.8 Å². The quantitative estimate of drug-likeness (QED) is 0.783. The summed E-state index contributed by atoms with van der Waals surface area (Å²) < 4.78 is 52.0. The average molecular weight is 282 g/mol. The molecule has 0 aliphatic carbocycles. The van der Waals surface area contributed by atoms with E-state index in [9.17, 15) is 22.4 Å². The summed E-state index contributed by atoms with van der Waals surface area (Å²) in [5.41, 5.74) is 0.225. The standard InChI is InChI=1S/C15H10F4O/c16-11-2-4-13(17)10(7-11)8-12(20)5-9-1-3-14(18)15(19)6-9/h1-4,6-7H,5,8H2. The van der Waals surface area contributed by atoms with E-state index in [0.717, 1.165) is 30.3 Å². The maximum atomic E-state index is 13.4. The lowest BCUT2D eigenvalue weighted by atomic mass is 10.0. The second kappa shape index (κ2) is 5.86. The Morgan fingerprint density at radius 2 is 1.50 bits per heavy atom. The van der Waals surface area contributed by atoms with Gasteiger partial charge in [-0.05, 0) is 41.5 Å². The minimum absolute atomic E-state index is 0.0578. The zero-order chi connectivity index (χ0) is 14.7. The molecule has 0 N–H and O–H groups in total. The van der Waals surface area contributed by atoms with Gasteiger partial charge in [0.1, 0.15) is 17.4 Å². The number of carbonyl (C=O) groups is 1. The Kier molecular flexibility index (Phi) is 4.17. The normalized spacial score (nSPS) is 10.6. The summed E-state index contributed by atoms with van der Waals surface area (Å²) >= 11 is 0. The molecule has 0 bridgehead atoms. The fourth-order valence-electron chi connectivity index (χ4n) is 1.83. The van der Waals surface area contributed by atoms with E-state index in [1.807, 2.05) is 0 Å². The maximum Gasteiger partial charge on any atom is 0.159 e. The van der Waals surface area contributed by atoms with Crippen LogP contribution >= 0.6 is 0 Å². The number of hydrogen-bond acceptors (Lipinski definition) is 1. The van der Waals surface area contributed by atoms with E-state index < -0.39 is 29.1 Å². The lowest BCUT2D eigenvalue weighted by molar-refractivity contribution is -0.117. The highest BCUT2D eigenvalue weighted by Crippen LogP contribution is 2.13. The van der Waals surface area contributed by atoms with Crippen LogP contribution in [0.4, 0.5) is 17.6 Å². The van der Waals surface area contributed by atoms with Gasteiger partial charge in [-0.3, -0.25) is 4.79 Å². The minimum atomic E-state index is -1.05. The first-order valence-electron chi connectivity index (χ1n) is 5.85. The molecule has 2 aromatic carbocycles. The predicted molar refractivity (Wildman–Crippen MR) is 65.1 cm³/mol. The average Bonchev–Trinajstić information content (AvgIpc) is 2.38. The van der Waals surface area contributed by atoms with Gasteiger partial charge in [-0.2, -0.15) is 0 Å². The first kappa shape index (κ1) is 14.2. The molecule has 0 radical (unpaired) electrons. The highest BCUT2D eigenvalue weighted by Gasteiger charge is 2.11. The third-order valence-electron chi connectivity index (χ3n) is 2.78. The molecule has 2 rings (SSSR count). The highest BCUT2D eigenvalue weighted by molar-refractivity contribution is 5.83. The zero-order valence-electron chi connectivity index (χ0n) is 10.3. The molecule has 0 saturated carbocycles. The molecule has 104 valence electrons. The van der Waals surface area contributed by atoms with Gasteiger partial charge in [-0.15, -0.1) is 0 Å². The topological polar surface area (TPSA) is 17.1 Å². The Balaban J connectivity index is 2.09. The molecule has 0 spiro atoms. The number of ketones is 1. The summed E-state index contributed by atoms with van der Waals surface area (Å²) in [5.74, 6) is -3.78. The molecule has 0 atom stereocenters. The number of carbonyl (C=O) groups excluding carboxylic acids is 1. The Bertz CT molecular complexity index is 652. The summed E-state index contributed by atoms with van der Waals surface area (Å²) in [6.45, 7) is 0. The van der Waals surface area contributed by atoms with Gasteiger partial charge in [-0.1, -0.05) is 6.07 Å². The van der Waals surface area contributed by atoms with E-state index in [-0.39, 0.29) is 24.0 Å². The molecule has 0 fully saturated rings. The van der Waals surface area contributed by atoms with Crippen LogP contribution in [0.25, 0.3) is 0 Å². The van der Waals surface area contributed by atoms with Crippen molar-refractivity contribution in [1.82, 2.24) is 0 Å². The highest BCUT2D eigenvalue weighted by atomic mass is 19.2. The maximum absolute atomic E-state index is 13.4. The number of Topliss-reactive ketones (excluding diaryl/α,β-unsaturated/α-hetero) is 1. The molecule has 0 aliphatic heterocycles. The van der Waals surface area contributed by atoms with Crippen LogP contribution < -0.4 is 0 Å². The van der Waals surface area contributed by atoms with Gasteiger partial charge in [0.15, 0.2) is 11.6 Å². The van der Waals surface area contributed by atoms with Gasteiger partial charge in [0.25, 0.3) is 0 Å². The molecule has 20 heavy (non-hydrogen) atoms. The molecule has 5 heteroatoms. The molecule has 0 aromatic heterocycles. The molecule has 0 amide bonds. The van der Waals surface area contributed by atoms with Crippen LogP contribution in [-0.4, -0.2) is 5.78 Å². The lowest BCUT2D eigenvalue weighted by Crippen LogP contribution is -2.08. The van der Waals surface area contributed by atoms with Crippen molar-refractivity contribution >= 4 is 5.78 Å². The SMILES string of the molecule is O=C(Cc1ccc(F)c(F)c1)Cc1cc(F)ccc1F. The van der Waals surface area contributed by atoms with E-state index in [0.29, 0.717) is 0 Å². The largest absolute Gasteiger partial charge is 0.299 e. The van der Waals surface area contributed by atoms with E-state index in [1.165, 1.54) is 6.07 Å². The van der Waals surface area contributed by atoms with Crippen LogP contribution in [0.5, 0.6) is 0 Å². The van der Waals surface area contributed by atoms with Gasteiger partial charge >= 0.3 is 0 Å². The molecule has 0 aliphatic rings. The fraction of sp³-hybridized carbons (Fsp3) is 0.133. The van der Waals surface area contributed by atoms with Gasteiger partial charge in [0.2, 0.25) is 0 Å². The van der Waals surface area contributed by atoms with E-state index in [4.69, 9.17) is 0 Å². The van der Waals surface area contributed by atoms with Crippen LogP contribution in [0, 0.1) is 23.3 Å². The van der Waals surface area contributed by atoms with E-state index in [2.05, 4.69) is 0 Å². The van der Waals surface area contributed by atoms with Gasteiger partial charge in [-0.25, -0.2) is 17.6 Å². The number of halogens is 4. The molecular weight excluding hydrogens is 272 g/mol. The van der Waals surface area contributed by atoms with Crippen LogP contribution in [0.15, 0.2) is 36.4 Å². The number of hydrogen-bond donors (Lipinski definition) is 0. The fourth-order valence-corrected chi connectivity index (χ4v) is 1.83. The van der Waals surface area contributed by atoms with E-state index >= 15 is 0 Å². The summed E-state index contributed by atoms with van der Waals surface area (Å²) in [7, 11) is 0. The molecule has 0 heterocycles. The third kappa shape index (κ3) is 3.44. The van der Waals surface area contributed by atoms with Crippen LogP contribution in [0.3, 0.4) is 0 Å². The summed E-state index contributed by atoms with van der Waals surface area (Å²) in [4.78, 5) is 11.7. The first-order chi connectivity index (χ1) is 9.45. The van der Waals surface area contributed by atoms with Crippen molar-refractivity contribution in [3.05, 3.63) is 70.8 Å². The smallest absolute Gasteiger partial charge is 0.159 e. The Morgan fingerprint density at radius 1 is 0.800 bits per heavy atom. The zero-order valence-corrected chi connectivity index (χ0v) is 10.3. The second-order valence-corrected chi connectivity index (χ2v) is 4.38. The lowest BCUT2D eigenvalue weighted by Gasteiger charge is -2.04. The number of rotatable bonds is 4. The van der Waals surface area contributed by atoms with Gasteiger partial charge in [0.05, 0.1) is 0 Å². The summed E-state index contributed by atoms with van der Waals surface area (Å²) in [6.07, 6.45) is -0.476. The third-order valence-corrected chi connectivity index (χ3v) is 2.78. The Labute approximate surface area is 112 Å². The number of benzene rings is 2. The van der Waals surface area contributed by atoms with E-state index in [1.54, 1.807) is 0 Å². The summed E-state index contributed by atoms with van der Waals surface area (Å²) in [5, 5.41) is 0. The molecule has 0 saturated heterocycles. The second-order valence-electron chi connectivity index (χ2n) is 4.38. The molecule has 0 unspecified atom stereocenters. The van der Waals surface area contributed by atoms with Gasteiger partial charge in [0, 0.05) is 12.8 Å². The molecular formula is C15H10F4O. The van der Waals surface area contributed by atoms with Crippen molar-refractivity contribution < 1.29 is 22.4 Å². The minimum Gasteiger partial charge on any atom is -0.299 e. The van der Waals surface area contributed by atoms with Crippen molar-refractivity contribution in [3.8, 4) is 0 Å². The Hall–Kier alpha value is -2.17. The molecule has 1 nitrogen and oxygen atoms in total. The van der Waals surface area contributed by atoms with Gasteiger partial charge < -0.3 is 0 Å². The van der Waals surface area contributed by atoms with Crippen molar-refractivity contribution in [1.29, 1.82) is 0 Å². The Morgan fingerprint density at radius 3 is 2.20 bits per heavy atom. The van der Waals surface area contributed by atoms with Crippen molar-refractivity contribution in [2.75, 3.05) is 0 Å². The van der Waals surface area contributed by atoms with Crippen LogP contribution in [-0.2, 0) is 17.6 Å². The van der Waals surface area contributed by atoms with Crippen LogP contribution in [0.2, 0.25) is 0 Å². The predicted octanol–water partition coefficient (Wildman–Crippen LogP) is 3.60. The monoisotopic (exact) mass is 282 g/mol. The molecule has 2 aromatic rings. The van der Waals surface area contributed by atoms with Crippen LogP contribution in [0.1, 0.15) is 11.1 Å². The van der Waals surface area contributed by atoms with Crippen molar-refractivity contribution in [3.63, 3.8) is 0 Å². The first-order valence-corrected chi connectivity index (χ1v) is 5.85. The van der Waals surface area contributed by atoms with Crippen molar-refractivity contribution in [2.24, 2.45) is 0 Å². The summed E-state index contributed by atoms with van der Waals surface area (Å²) in [6, 6.07) is 5.95.